The molecule has 0 bridgehead atoms. The van der Waals surface area contributed by atoms with Crippen molar-refractivity contribution in [1.82, 2.24) is 23.0 Å². The highest BCUT2D eigenvalue weighted by Crippen LogP contribution is 2.29. The zero-order valence-electron chi connectivity index (χ0n) is 14.7. The Morgan fingerprint density at radius 2 is 2.03 bits per heavy atom. The number of sulfonamides is 1. The summed E-state index contributed by atoms with van der Waals surface area (Å²) in [5.41, 5.74) is -0.342. The van der Waals surface area contributed by atoms with Gasteiger partial charge in [-0.05, 0) is 31.0 Å². The van der Waals surface area contributed by atoms with Gasteiger partial charge in [-0.2, -0.15) is 31.2 Å². The molecule has 29 heavy (non-hydrogen) atoms. The lowest BCUT2D eigenvalue weighted by molar-refractivity contribution is -0.141. The van der Waals surface area contributed by atoms with Crippen LogP contribution in [-0.4, -0.2) is 50.6 Å². The van der Waals surface area contributed by atoms with Crippen molar-refractivity contribution in [2.24, 2.45) is 0 Å². The lowest BCUT2D eigenvalue weighted by Gasteiger charge is -2.31. The van der Waals surface area contributed by atoms with Crippen molar-refractivity contribution in [3.8, 4) is 6.01 Å². The van der Waals surface area contributed by atoms with Crippen LogP contribution in [0.3, 0.4) is 0 Å². The molecule has 0 amide bonds. The van der Waals surface area contributed by atoms with Crippen LogP contribution in [0.25, 0.3) is 11.0 Å². The highest BCUT2D eigenvalue weighted by Gasteiger charge is 2.35. The fourth-order valence-electron chi connectivity index (χ4n) is 3.05. The normalized spacial score (nSPS) is 18.8. The summed E-state index contributed by atoms with van der Waals surface area (Å²) in [5, 5.41) is 0. The SMILES string of the molecule is O=S(=O)(c1cccc2nsnc12)N1CCCC(Oc2nccc(C(F)(F)F)n2)C1. The maximum Gasteiger partial charge on any atom is 0.433 e. The summed E-state index contributed by atoms with van der Waals surface area (Å²) in [6.07, 6.45) is -3.39. The first-order valence-electron chi connectivity index (χ1n) is 8.53. The van der Waals surface area contributed by atoms with E-state index in [2.05, 4.69) is 18.7 Å². The number of halogens is 3. The minimum atomic E-state index is -4.62. The molecule has 0 radical (unpaired) electrons. The summed E-state index contributed by atoms with van der Waals surface area (Å²) >= 11 is 0.919. The van der Waals surface area contributed by atoms with Crippen LogP contribution in [0.1, 0.15) is 18.5 Å². The number of piperidine rings is 1. The molecule has 1 aliphatic rings. The van der Waals surface area contributed by atoms with Crippen LogP contribution in [0.15, 0.2) is 35.4 Å². The van der Waals surface area contributed by atoms with E-state index in [4.69, 9.17) is 4.74 Å². The van der Waals surface area contributed by atoms with Crippen LogP contribution in [0, 0.1) is 0 Å². The van der Waals surface area contributed by atoms with Crippen LogP contribution < -0.4 is 4.74 Å². The average Bonchev–Trinajstić information content (AvgIpc) is 3.16. The maximum absolute atomic E-state index is 13.1. The summed E-state index contributed by atoms with van der Waals surface area (Å²) in [6.45, 7) is 0.232. The predicted octanol–water partition coefficient (Wildman–Crippen LogP) is 2.73. The van der Waals surface area contributed by atoms with Crippen LogP contribution >= 0.6 is 11.7 Å². The van der Waals surface area contributed by atoms with E-state index in [0.29, 0.717) is 23.9 Å². The second kappa shape index (κ2) is 7.46. The van der Waals surface area contributed by atoms with Gasteiger partial charge in [0.05, 0.1) is 18.3 Å². The van der Waals surface area contributed by atoms with E-state index in [1.54, 1.807) is 12.1 Å². The number of nitrogens with zero attached hydrogens (tertiary/aromatic N) is 5. The van der Waals surface area contributed by atoms with Gasteiger partial charge in [0.15, 0.2) is 5.69 Å². The van der Waals surface area contributed by atoms with E-state index in [1.807, 2.05) is 0 Å². The van der Waals surface area contributed by atoms with Gasteiger partial charge in [0, 0.05) is 12.7 Å². The Hall–Kier alpha value is -2.38. The lowest BCUT2D eigenvalue weighted by atomic mass is 10.1. The maximum atomic E-state index is 13.1. The highest BCUT2D eigenvalue weighted by molar-refractivity contribution is 7.89. The molecular weight excluding hydrogens is 431 g/mol. The molecule has 1 saturated heterocycles. The summed E-state index contributed by atoms with van der Waals surface area (Å²) in [6, 6.07) is 5.03. The molecule has 0 aliphatic carbocycles. The molecule has 154 valence electrons. The van der Waals surface area contributed by atoms with E-state index in [9.17, 15) is 21.6 Å². The van der Waals surface area contributed by atoms with Gasteiger partial charge in [0.25, 0.3) is 0 Å². The molecule has 0 N–H and O–H groups in total. The number of hydrogen-bond acceptors (Lipinski definition) is 8. The van der Waals surface area contributed by atoms with Crippen LogP contribution in [0.2, 0.25) is 0 Å². The lowest BCUT2D eigenvalue weighted by Crippen LogP contribution is -2.44. The first-order valence-corrected chi connectivity index (χ1v) is 10.7. The smallest absolute Gasteiger partial charge is 0.433 e. The Balaban J connectivity index is 1.55. The molecule has 13 heteroatoms. The van der Waals surface area contributed by atoms with Gasteiger partial charge < -0.3 is 4.74 Å². The molecule has 1 unspecified atom stereocenters. The molecule has 2 aromatic heterocycles. The molecular formula is C16H14F3N5O3S2. The average molecular weight is 445 g/mol. The summed E-state index contributed by atoms with van der Waals surface area (Å²) in [4.78, 5) is 7.12. The number of fused-ring (bicyclic) bond motifs is 1. The summed E-state index contributed by atoms with van der Waals surface area (Å²) in [7, 11) is -3.88. The number of alkyl halides is 3. The molecule has 3 aromatic rings. The third kappa shape index (κ3) is 4.02. The minimum absolute atomic E-state index is 0.0319. The van der Waals surface area contributed by atoms with E-state index in [1.165, 1.54) is 10.4 Å². The topological polar surface area (TPSA) is 98.2 Å². The quantitative estimate of drug-likeness (QED) is 0.609. The van der Waals surface area contributed by atoms with Crippen molar-refractivity contribution in [1.29, 1.82) is 0 Å². The van der Waals surface area contributed by atoms with Crippen LogP contribution in [0.4, 0.5) is 13.2 Å². The standard InChI is InChI=1S/C16H14F3N5O3S2/c17-16(18,19)13-6-7-20-15(21-13)27-10-3-2-8-24(9-10)29(25,26)12-5-1-4-11-14(12)23-28-22-11/h1,4-7,10H,2-3,8-9H2. The molecule has 1 fully saturated rings. The van der Waals surface area contributed by atoms with E-state index >= 15 is 0 Å². The largest absolute Gasteiger partial charge is 0.459 e. The van der Waals surface area contributed by atoms with Crippen LogP contribution in [0.5, 0.6) is 6.01 Å². The molecule has 4 rings (SSSR count). The van der Waals surface area contributed by atoms with E-state index in [-0.39, 0.29) is 18.0 Å². The highest BCUT2D eigenvalue weighted by atomic mass is 32.2. The second-order valence-corrected chi connectivity index (χ2v) is 8.79. The number of aromatic nitrogens is 4. The Morgan fingerprint density at radius 3 is 2.83 bits per heavy atom. The number of hydrogen-bond donors (Lipinski definition) is 0. The molecule has 8 nitrogen and oxygen atoms in total. The van der Waals surface area contributed by atoms with Gasteiger partial charge in [-0.3, -0.25) is 0 Å². The predicted molar refractivity (Wildman–Crippen MR) is 96.9 cm³/mol. The van der Waals surface area contributed by atoms with Crippen molar-refractivity contribution in [3.63, 3.8) is 0 Å². The first-order chi connectivity index (χ1) is 13.7. The Labute approximate surface area is 167 Å². The zero-order valence-corrected chi connectivity index (χ0v) is 16.3. The van der Waals surface area contributed by atoms with E-state index in [0.717, 1.165) is 24.0 Å². The fraction of sp³-hybridized carbons (Fsp3) is 0.375. The van der Waals surface area contributed by atoms with Gasteiger partial charge in [-0.15, -0.1) is 0 Å². The van der Waals surface area contributed by atoms with Gasteiger partial charge in [-0.1, -0.05) is 6.07 Å². The molecule has 0 spiro atoms. The molecule has 3 heterocycles. The molecule has 1 aromatic carbocycles. The fourth-order valence-corrected chi connectivity index (χ4v) is 5.32. The van der Waals surface area contributed by atoms with Gasteiger partial charge in [0.2, 0.25) is 10.0 Å². The number of ether oxygens (including phenoxy) is 1. The van der Waals surface area contributed by atoms with Crippen molar-refractivity contribution in [2.75, 3.05) is 13.1 Å². The molecule has 1 atom stereocenters. The van der Waals surface area contributed by atoms with Gasteiger partial charge in [0.1, 0.15) is 22.0 Å². The van der Waals surface area contributed by atoms with Crippen molar-refractivity contribution >= 4 is 32.8 Å². The van der Waals surface area contributed by atoms with Crippen molar-refractivity contribution < 1.29 is 26.3 Å². The Bertz CT molecular complexity index is 1140. The van der Waals surface area contributed by atoms with Gasteiger partial charge >= 0.3 is 12.2 Å². The minimum Gasteiger partial charge on any atom is -0.459 e. The Morgan fingerprint density at radius 1 is 1.21 bits per heavy atom. The van der Waals surface area contributed by atoms with Crippen molar-refractivity contribution in [2.45, 2.75) is 30.0 Å². The Kier molecular flexibility index (Phi) is 5.12. The molecule has 1 aliphatic heterocycles. The second-order valence-electron chi connectivity index (χ2n) is 6.36. The van der Waals surface area contributed by atoms with Crippen LogP contribution in [-0.2, 0) is 16.2 Å². The molecule has 0 saturated carbocycles. The summed E-state index contributed by atoms with van der Waals surface area (Å²) in [5.74, 6) is 0. The van der Waals surface area contributed by atoms with Crippen molar-refractivity contribution in [3.05, 3.63) is 36.2 Å². The third-order valence-electron chi connectivity index (χ3n) is 4.40. The summed E-state index contributed by atoms with van der Waals surface area (Å²) < 4.78 is 79.5. The monoisotopic (exact) mass is 445 g/mol. The zero-order chi connectivity index (χ0) is 20.6. The van der Waals surface area contributed by atoms with E-state index < -0.39 is 34.0 Å². The first kappa shape index (κ1) is 19.9. The third-order valence-corrected chi connectivity index (χ3v) is 6.84. The number of benzene rings is 1. The van der Waals surface area contributed by atoms with Gasteiger partial charge in [-0.25, -0.2) is 13.4 Å². The number of rotatable bonds is 4.